The average molecular weight is 429 g/mol. The number of hydrogen-bond acceptors (Lipinski definition) is 5. The van der Waals surface area contributed by atoms with Crippen molar-refractivity contribution in [2.24, 2.45) is 11.1 Å². The van der Waals surface area contributed by atoms with E-state index in [1.54, 1.807) is 6.07 Å². The summed E-state index contributed by atoms with van der Waals surface area (Å²) in [5.41, 5.74) is 9.95. The van der Waals surface area contributed by atoms with Crippen LogP contribution in [0.5, 0.6) is 0 Å². The van der Waals surface area contributed by atoms with E-state index in [1.165, 1.54) is 5.56 Å². The van der Waals surface area contributed by atoms with Crippen LogP contribution in [0, 0.1) is 19.3 Å². The first-order valence-electron chi connectivity index (χ1n) is 9.56. The summed E-state index contributed by atoms with van der Waals surface area (Å²) in [4.78, 5) is 14.5. The summed E-state index contributed by atoms with van der Waals surface area (Å²) in [5.74, 6) is 0. The molecule has 3 heterocycles. The molecule has 1 atom stereocenters. The Kier molecular flexibility index (Phi) is 7.56. The molecule has 0 bridgehead atoms. The molecule has 2 fully saturated rings. The van der Waals surface area contributed by atoms with Gasteiger partial charge in [-0.2, -0.15) is 0 Å². The van der Waals surface area contributed by atoms with Gasteiger partial charge in [0.25, 0.3) is 0 Å². The molecule has 2 aliphatic heterocycles. The Bertz CT molecular complexity index is 876. The summed E-state index contributed by atoms with van der Waals surface area (Å²) in [7, 11) is 0. The van der Waals surface area contributed by atoms with Crippen LogP contribution in [-0.4, -0.2) is 37.2 Å². The molecule has 1 spiro atoms. The lowest BCUT2D eigenvalue weighted by Gasteiger charge is -2.38. The van der Waals surface area contributed by atoms with Crippen molar-refractivity contribution in [3.05, 3.63) is 45.3 Å². The standard InChI is InChI=1S/C21H28N2O3.2ClH/c1-14-7-18-16(9-20(24)26-19(18)8-15(14)2)12-23-5-3-21(4-6-23)10-17(11-22)25-13-21;;/h7-9,17H,3-6,10-13,22H2,1-2H3;2*1H. The lowest BCUT2D eigenvalue weighted by molar-refractivity contribution is 0.0649. The van der Waals surface area contributed by atoms with Gasteiger partial charge in [-0.1, -0.05) is 0 Å². The Morgan fingerprint density at radius 1 is 1.14 bits per heavy atom. The Morgan fingerprint density at radius 3 is 2.46 bits per heavy atom. The van der Waals surface area contributed by atoms with Crippen molar-refractivity contribution in [1.82, 2.24) is 4.90 Å². The Balaban J connectivity index is 0.00000140. The predicted molar refractivity (Wildman–Crippen MR) is 117 cm³/mol. The molecule has 4 rings (SSSR count). The lowest BCUT2D eigenvalue weighted by Crippen LogP contribution is -2.40. The van der Waals surface area contributed by atoms with Gasteiger partial charge < -0.3 is 14.9 Å². The van der Waals surface area contributed by atoms with Gasteiger partial charge in [-0.05, 0) is 80.4 Å². The molecule has 1 aromatic heterocycles. The third kappa shape index (κ3) is 4.55. The molecule has 1 unspecified atom stereocenters. The van der Waals surface area contributed by atoms with Crippen molar-refractivity contribution in [1.29, 1.82) is 0 Å². The normalized spacial score (nSPS) is 21.5. The number of ether oxygens (including phenoxy) is 1. The highest BCUT2D eigenvalue weighted by molar-refractivity contribution is 5.85. The van der Waals surface area contributed by atoms with Gasteiger partial charge in [0.1, 0.15) is 5.58 Å². The van der Waals surface area contributed by atoms with E-state index in [4.69, 9.17) is 14.9 Å². The number of benzene rings is 1. The highest BCUT2D eigenvalue weighted by Gasteiger charge is 2.41. The van der Waals surface area contributed by atoms with Gasteiger partial charge in [-0.3, -0.25) is 4.90 Å². The van der Waals surface area contributed by atoms with Crippen LogP contribution in [-0.2, 0) is 11.3 Å². The van der Waals surface area contributed by atoms with Crippen LogP contribution in [0.25, 0.3) is 11.0 Å². The zero-order chi connectivity index (χ0) is 18.3. The monoisotopic (exact) mass is 428 g/mol. The Hall–Kier alpha value is -1.11. The topological polar surface area (TPSA) is 68.7 Å². The van der Waals surface area contributed by atoms with Crippen molar-refractivity contribution in [2.75, 3.05) is 26.2 Å². The molecule has 0 aliphatic carbocycles. The lowest BCUT2D eigenvalue weighted by atomic mass is 9.76. The largest absolute Gasteiger partial charge is 0.423 e. The number of fused-ring (bicyclic) bond motifs is 1. The Morgan fingerprint density at radius 2 is 1.82 bits per heavy atom. The van der Waals surface area contributed by atoms with Crippen LogP contribution >= 0.6 is 24.8 Å². The van der Waals surface area contributed by atoms with Crippen LogP contribution < -0.4 is 11.4 Å². The fraction of sp³-hybridized carbons (Fsp3) is 0.571. The highest BCUT2D eigenvalue weighted by Crippen LogP contribution is 2.42. The van der Waals surface area contributed by atoms with Gasteiger partial charge in [-0.25, -0.2) is 4.79 Å². The van der Waals surface area contributed by atoms with E-state index >= 15 is 0 Å². The number of likely N-dealkylation sites (tertiary alicyclic amines) is 1. The van der Waals surface area contributed by atoms with Gasteiger partial charge in [0.2, 0.25) is 0 Å². The van der Waals surface area contributed by atoms with Crippen molar-refractivity contribution < 1.29 is 9.15 Å². The van der Waals surface area contributed by atoms with Crippen LogP contribution in [0.15, 0.2) is 27.4 Å². The summed E-state index contributed by atoms with van der Waals surface area (Å²) < 4.78 is 11.3. The first-order valence-corrected chi connectivity index (χ1v) is 9.56. The van der Waals surface area contributed by atoms with Gasteiger partial charge in [0.15, 0.2) is 0 Å². The van der Waals surface area contributed by atoms with Crippen LogP contribution in [0.2, 0.25) is 0 Å². The minimum absolute atomic E-state index is 0. The predicted octanol–water partition coefficient (Wildman–Crippen LogP) is 3.58. The van der Waals surface area contributed by atoms with E-state index in [-0.39, 0.29) is 36.5 Å². The summed E-state index contributed by atoms with van der Waals surface area (Å²) in [6.45, 7) is 8.48. The molecular weight excluding hydrogens is 399 g/mol. The molecule has 7 heteroatoms. The van der Waals surface area contributed by atoms with Crippen LogP contribution in [0.1, 0.15) is 36.0 Å². The Labute approximate surface area is 178 Å². The molecule has 1 aromatic carbocycles. The van der Waals surface area contributed by atoms with Gasteiger partial charge in [0, 0.05) is 24.5 Å². The molecule has 0 saturated carbocycles. The number of nitrogens with two attached hydrogens (primary N) is 1. The third-order valence-corrected chi connectivity index (χ3v) is 6.30. The SMILES string of the molecule is Cc1cc2oc(=O)cc(CN3CCC4(CC3)COC(CN)C4)c2cc1C.Cl.Cl. The highest BCUT2D eigenvalue weighted by atomic mass is 35.5. The van der Waals surface area contributed by atoms with E-state index < -0.39 is 0 Å². The molecule has 28 heavy (non-hydrogen) atoms. The number of nitrogens with zero attached hydrogens (tertiary/aromatic N) is 1. The molecule has 2 saturated heterocycles. The molecule has 0 radical (unpaired) electrons. The number of rotatable bonds is 3. The fourth-order valence-electron chi connectivity index (χ4n) is 4.44. The summed E-state index contributed by atoms with van der Waals surface area (Å²) in [6.07, 6.45) is 3.60. The maximum absolute atomic E-state index is 12.0. The minimum atomic E-state index is -0.265. The second-order valence-electron chi connectivity index (χ2n) is 8.17. The number of aryl methyl sites for hydroxylation is 2. The zero-order valence-corrected chi connectivity index (χ0v) is 18.2. The third-order valence-electron chi connectivity index (χ3n) is 6.30. The first-order chi connectivity index (χ1) is 12.5. The van der Waals surface area contributed by atoms with E-state index in [0.717, 1.165) is 62.0 Å². The summed E-state index contributed by atoms with van der Waals surface area (Å²) in [5, 5.41) is 1.06. The maximum atomic E-state index is 12.0. The number of halogens is 2. The van der Waals surface area contributed by atoms with Crippen molar-refractivity contribution in [3.63, 3.8) is 0 Å². The summed E-state index contributed by atoms with van der Waals surface area (Å²) >= 11 is 0. The van der Waals surface area contributed by atoms with E-state index in [0.29, 0.717) is 17.5 Å². The number of piperidine rings is 1. The zero-order valence-electron chi connectivity index (χ0n) is 16.5. The van der Waals surface area contributed by atoms with E-state index in [2.05, 4.69) is 17.9 Å². The molecule has 2 aromatic rings. The van der Waals surface area contributed by atoms with Crippen LogP contribution in [0.3, 0.4) is 0 Å². The second-order valence-corrected chi connectivity index (χ2v) is 8.17. The van der Waals surface area contributed by atoms with Gasteiger partial charge in [0.05, 0.1) is 12.7 Å². The minimum Gasteiger partial charge on any atom is -0.423 e. The molecule has 0 amide bonds. The average Bonchev–Trinajstić information content (AvgIpc) is 3.02. The molecule has 2 aliphatic rings. The molecular formula is C21H30Cl2N2O3. The molecule has 156 valence electrons. The van der Waals surface area contributed by atoms with Gasteiger partial charge >= 0.3 is 5.63 Å². The second kappa shape index (κ2) is 9.14. The number of hydrogen-bond donors (Lipinski definition) is 1. The molecule has 5 nitrogen and oxygen atoms in total. The summed E-state index contributed by atoms with van der Waals surface area (Å²) in [6, 6.07) is 5.78. The smallest absolute Gasteiger partial charge is 0.336 e. The van der Waals surface area contributed by atoms with E-state index in [9.17, 15) is 4.79 Å². The quantitative estimate of drug-likeness (QED) is 0.756. The first kappa shape index (κ1) is 23.2. The fourth-order valence-corrected chi connectivity index (χ4v) is 4.44. The van der Waals surface area contributed by atoms with Crippen molar-refractivity contribution >= 4 is 35.8 Å². The van der Waals surface area contributed by atoms with Crippen molar-refractivity contribution in [3.8, 4) is 0 Å². The van der Waals surface area contributed by atoms with Crippen molar-refractivity contribution in [2.45, 2.75) is 45.8 Å². The van der Waals surface area contributed by atoms with E-state index in [1.807, 2.05) is 13.0 Å². The molecule has 2 N–H and O–H groups in total. The maximum Gasteiger partial charge on any atom is 0.336 e. The van der Waals surface area contributed by atoms with Crippen LogP contribution in [0.4, 0.5) is 0 Å². The van der Waals surface area contributed by atoms with Gasteiger partial charge in [-0.15, -0.1) is 24.8 Å².